The van der Waals surface area contributed by atoms with Crippen LogP contribution in [0, 0.1) is 6.92 Å². The Morgan fingerprint density at radius 1 is 0.958 bits per heavy atom. The first-order valence-corrected chi connectivity index (χ1v) is 7.68. The van der Waals surface area contributed by atoms with E-state index in [1.54, 1.807) is 0 Å². The summed E-state index contributed by atoms with van der Waals surface area (Å²) in [6, 6.07) is 17.7. The molecule has 3 aromatic rings. The van der Waals surface area contributed by atoms with Crippen LogP contribution in [-0.2, 0) is 6.54 Å². The van der Waals surface area contributed by atoms with E-state index < -0.39 is 0 Å². The first kappa shape index (κ1) is 15.7. The fourth-order valence-corrected chi connectivity index (χ4v) is 2.15. The minimum Gasteiger partial charge on any atom is -0.348 e. The van der Waals surface area contributed by atoms with Crippen LogP contribution in [0.25, 0.3) is 0 Å². The molecule has 0 unspecified atom stereocenters. The van der Waals surface area contributed by atoms with E-state index in [4.69, 9.17) is 0 Å². The second kappa shape index (κ2) is 7.37. The number of hydrogen-bond acceptors (Lipinski definition) is 4. The van der Waals surface area contributed by atoms with Gasteiger partial charge in [0.05, 0.1) is 5.56 Å². The van der Waals surface area contributed by atoms with E-state index in [2.05, 4.69) is 20.6 Å². The Morgan fingerprint density at radius 3 is 2.29 bits per heavy atom. The highest BCUT2D eigenvalue weighted by Crippen LogP contribution is 2.11. The first-order valence-electron chi connectivity index (χ1n) is 7.68. The molecular formula is C19H18N4O. The van der Waals surface area contributed by atoms with Crippen LogP contribution in [0.1, 0.15) is 21.5 Å². The Kier molecular flexibility index (Phi) is 4.81. The third kappa shape index (κ3) is 4.16. The lowest BCUT2D eigenvalue weighted by atomic mass is 10.1. The summed E-state index contributed by atoms with van der Waals surface area (Å²) < 4.78 is 0. The van der Waals surface area contributed by atoms with Crippen molar-refractivity contribution in [2.45, 2.75) is 13.5 Å². The third-order valence-corrected chi connectivity index (χ3v) is 3.52. The molecule has 120 valence electrons. The lowest BCUT2D eigenvalue weighted by molar-refractivity contribution is 0.0950. The van der Waals surface area contributed by atoms with Crippen molar-refractivity contribution in [1.82, 2.24) is 15.3 Å². The van der Waals surface area contributed by atoms with Crippen molar-refractivity contribution in [3.8, 4) is 0 Å². The number of aromatic nitrogens is 2. The molecule has 0 aliphatic carbocycles. The van der Waals surface area contributed by atoms with Gasteiger partial charge in [0.2, 0.25) is 5.95 Å². The van der Waals surface area contributed by atoms with Crippen LogP contribution in [0.5, 0.6) is 0 Å². The lowest BCUT2D eigenvalue weighted by Gasteiger charge is -2.07. The fraction of sp³-hybridized carbons (Fsp3) is 0.105. The van der Waals surface area contributed by atoms with E-state index in [-0.39, 0.29) is 5.91 Å². The predicted molar refractivity (Wildman–Crippen MR) is 94.1 cm³/mol. The summed E-state index contributed by atoms with van der Waals surface area (Å²) in [6.45, 7) is 2.51. The molecule has 0 radical (unpaired) electrons. The number of nitrogens with one attached hydrogen (secondary N) is 2. The standard InChI is InChI=1S/C19H18N4O/c1-14-7-9-15(10-8-14)11-20-18(24)16-12-21-19(22-13-16)23-17-5-3-2-4-6-17/h2-10,12-13H,11H2,1H3,(H,20,24)(H,21,22,23). The highest BCUT2D eigenvalue weighted by molar-refractivity contribution is 5.93. The molecule has 1 aromatic heterocycles. The summed E-state index contributed by atoms with van der Waals surface area (Å²) in [4.78, 5) is 20.5. The highest BCUT2D eigenvalue weighted by atomic mass is 16.1. The molecule has 0 atom stereocenters. The molecule has 0 spiro atoms. The molecule has 3 rings (SSSR count). The molecule has 5 heteroatoms. The third-order valence-electron chi connectivity index (χ3n) is 3.52. The monoisotopic (exact) mass is 318 g/mol. The Hall–Kier alpha value is -3.21. The van der Waals surface area contributed by atoms with Gasteiger partial charge in [0.25, 0.3) is 5.91 Å². The van der Waals surface area contributed by atoms with Gasteiger partial charge in [-0.05, 0) is 24.6 Å². The molecular weight excluding hydrogens is 300 g/mol. The molecule has 2 N–H and O–H groups in total. The highest BCUT2D eigenvalue weighted by Gasteiger charge is 2.07. The van der Waals surface area contributed by atoms with E-state index in [1.807, 2.05) is 61.5 Å². The van der Waals surface area contributed by atoms with Gasteiger partial charge in [0, 0.05) is 24.6 Å². The van der Waals surface area contributed by atoms with Crippen LogP contribution < -0.4 is 10.6 Å². The second-order valence-corrected chi connectivity index (χ2v) is 5.45. The van der Waals surface area contributed by atoms with E-state index in [0.717, 1.165) is 11.3 Å². The van der Waals surface area contributed by atoms with Gasteiger partial charge in [0.1, 0.15) is 0 Å². The molecule has 1 amide bonds. The molecule has 24 heavy (non-hydrogen) atoms. The van der Waals surface area contributed by atoms with Gasteiger partial charge in [-0.15, -0.1) is 0 Å². The number of anilines is 2. The molecule has 0 bridgehead atoms. The van der Waals surface area contributed by atoms with Gasteiger partial charge < -0.3 is 10.6 Å². The average molecular weight is 318 g/mol. The van der Waals surface area contributed by atoms with Crippen LogP contribution in [0.2, 0.25) is 0 Å². The number of para-hydroxylation sites is 1. The van der Waals surface area contributed by atoms with Gasteiger partial charge in [-0.3, -0.25) is 4.79 Å². The van der Waals surface area contributed by atoms with Gasteiger partial charge in [-0.1, -0.05) is 48.0 Å². The van der Waals surface area contributed by atoms with Crippen molar-refractivity contribution in [2.24, 2.45) is 0 Å². The Morgan fingerprint density at radius 2 is 1.62 bits per heavy atom. The SMILES string of the molecule is Cc1ccc(CNC(=O)c2cnc(Nc3ccccc3)nc2)cc1. The van der Waals surface area contributed by atoms with Crippen molar-refractivity contribution in [2.75, 3.05) is 5.32 Å². The summed E-state index contributed by atoms with van der Waals surface area (Å²) in [6.07, 6.45) is 3.03. The molecule has 5 nitrogen and oxygen atoms in total. The number of benzene rings is 2. The lowest BCUT2D eigenvalue weighted by Crippen LogP contribution is -2.23. The summed E-state index contributed by atoms with van der Waals surface area (Å²) in [7, 11) is 0. The van der Waals surface area contributed by atoms with E-state index in [0.29, 0.717) is 18.1 Å². The van der Waals surface area contributed by atoms with Gasteiger partial charge in [-0.2, -0.15) is 0 Å². The maximum Gasteiger partial charge on any atom is 0.254 e. The van der Waals surface area contributed by atoms with Crippen molar-refractivity contribution in [1.29, 1.82) is 0 Å². The van der Waals surface area contributed by atoms with E-state index >= 15 is 0 Å². The number of aryl methyl sites for hydroxylation is 1. The maximum atomic E-state index is 12.1. The molecule has 2 aromatic carbocycles. The minimum atomic E-state index is -0.193. The largest absolute Gasteiger partial charge is 0.348 e. The van der Waals surface area contributed by atoms with E-state index in [1.165, 1.54) is 18.0 Å². The molecule has 0 aliphatic rings. The van der Waals surface area contributed by atoms with Crippen molar-refractivity contribution >= 4 is 17.5 Å². The van der Waals surface area contributed by atoms with Crippen LogP contribution in [0.15, 0.2) is 67.0 Å². The zero-order chi connectivity index (χ0) is 16.8. The predicted octanol–water partition coefficient (Wildman–Crippen LogP) is 3.46. The summed E-state index contributed by atoms with van der Waals surface area (Å²) >= 11 is 0. The number of nitrogens with zero attached hydrogens (tertiary/aromatic N) is 2. The Labute approximate surface area is 140 Å². The first-order chi connectivity index (χ1) is 11.7. The van der Waals surface area contributed by atoms with Crippen LogP contribution in [0.3, 0.4) is 0 Å². The fourth-order valence-electron chi connectivity index (χ4n) is 2.15. The second-order valence-electron chi connectivity index (χ2n) is 5.45. The van der Waals surface area contributed by atoms with Crippen molar-refractivity contribution < 1.29 is 4.79 Å². The zero-order valence-electron chi connectivity index (χ0n) is 13.4. The number of carbonyl (C=O) groups is 1. The smallest absolute Gasteiger partial charge is 0.254 e. The summed E-state index contributed by atoms with van der Waals surface area (Å²) in [5, 5.41) is 5.94. The van der Waals surface area contributed by atoms with Crippen molar-refractivity contribution in [3.63, 3.8) is 0 Å². The molecule has 0 fully saturated rings. The normalized spacial score (nSPS) is 10.2. The number of rotatable bonds is 5. The van der Waals surface area contributed by atoms with Crippen LogP contribution >= 0.6 is 0 Å². The summed E-state index contributed by atoms with van der Waals surface area (Å²) in [5.74, 6) is 0.262. The number of hydrogen-bond donors (Lipinski definition) is 2. The van der Waals surface area contributed by atoms with Gasteiger partial charge in [-0.25, -0.2) is 9.97 Å². The molecule has 0 saturated carbocycles. The van der Waals surface area contributed by atoms with Gasteiger partial charge >= 0.3 is 0 Å². The Bertz CT molecular complexity index is 799. The Balaban J connectivity index is 1.58. The number of carbonyl (C=O) groups excluding carboxylic acids is 1. The van der Waals surface area contributed by atoms with E-state index in [9.17, 15) is 4.79 Å². The van der Waals surface area contributed by atoms with Gasteiger partial charge in [0.15, 0.2) is 0 Å². The molecule has 0 saturated heterocycles. The molecule has 0 aliphatic heterocycles. The minimum absolute atomic E-state index is 0.193. The maximum absolute atomic E-state index is 12.1. The van der Waals surface area contributed by atoms with Crippen LogP contribution in [0.4, 0.5) is 11.6 Å². The quantitative estimate of drug-likeness (QED) is 0.756. The zero-order valence-corrected chi connectivity index (χ0v) is 13.4. The topological polar surface area (TPSA) is 66.9 Å². The molecule has 1 heterocycles. The average Bonchev–Trinajstić information content (AvgIpc) is 2.62. The van der Waals surface area contributed by atoms with Crippen LogP contribution in [-0.4, -0.2) is 15.9 Å². The summed E-state index contributed by atoms with van der Waals surface area (Å²) in [5.41, 5.74) is 3.58. The number of amides is 1. The van der Waals surface area contributed by atoms with Crippen molar-refractivity contribution in [3.05, 3.63) is 83.7 Å².